The lowest BCUT2D eigenvalue weighted by atomic mass is 10.1. The summed E-state index contributed by atoms with van der Waals surface area (Å²) in [6.45, 7) is 5.84. The molecule has 1 aromatic rings. The zero-order valence-corrected chi connectivity index (χ0v) is 9.62. The summed E-state index contributed by atoms with van der Waals surface area (Å²) < 4.78 is 0. The minimum absolute atomic E-state index is 0.257. The van der Waals surface area contributed by atoms with Gasteiger partial charge in [-0.05, 0) is 51.0 Å². The molecule has 0 radical (unpaired) electrons. The molecule has 0 heterocycles. The summed E-state index contributed by atoms with van der Waals surface area (Å²) in [5, 5.41) is 12.6. The Morgan fingerprint density at radius 2 is 2.07 bits per heavy atom. The topological polar surface area (TPSA) is 58.3 Å². The SMILES string of the molecule is Cc1cc(NC(C)CC(C)O)ccc1N. The highest BCUT2D eigenvalue weighted by Gasteiger charge is 2.06. The molecule has 1 rings (SSSR count). The van der Waals surface area contributed by atoms with E-state index in [0.29, 0.717) is 0 Å². The summed E-state index contributed by atoms with van der Waals surface area (Å²) in [6.07, 6.45) is 0.464. The van der Waals surface area contributed by atoms with Gasteiger partial charge in [-0.25, -0.2) is 0 Å². The first kappa shape index (κ1) is 11.9. The van der Waals surface area contributed by atoms with Crippen molar-refractivity contribution in [2.24, 2.45) is 0 Å². The molecule has 0 aromatic heterocycles. The summed E-state index contributed by atoms with van der Waals surface area (Å²) in [5.74, 6) is 0. The highest BCUT2D eigenvalue weighted by atomic mass is 16.3. The smallest absolute Gasteiger partial charge is 0.0531 e. The lowest BCUT2D eigenvalue weighted by Crippen LogP contribution is -2.20. The molecule has 84 valence electrons. The van der Waals surface area contributed by atoms with E-state index in [1.54, 1.807) is 6.92 Å². The van der Waals surface area contributed by atoms with E-state index in [1.165, 1.54) is 0 Å². The zero-order valence-electron chi connectivity index (χ0n) is 9.62. The van der Waals surface area contributed by atoms with Gasteiger partial charge in [0.05, 0.1) is 6.10 Å². The Morgan fingerprint density at radius 1 is 1.40 bits per heavy atom. The van der Waals surface area contributed by atoms with Crippen LogP contribution in [0.2, 0.25) is 0 Å². The highest BCUT2D eigenvalue weighted by molar-refractivity contribution is 5.56. The van der Waals surface area contributed by atoms with Crippen molar-refractivity contribution in [2.75, 3.05) is 11.1 Å². The number of benzene rings is 1. The van der Waals surface area contributed by atoms with Gasteiger partial charge in [-0.2, -0.15) is 0 Å². The van der Waals surface area contributed by atoms with E-state index in [2.05, 4.69) is 12.2 Å². The Labute approximate surface area is 91.3 Å². The second kappa shape index (κ2) is 5.03. The van der Waals surface area contributed by atoms with Crippen molar-refractivity contribution in [1.82, 2.24) is 0 Å². The molecule has 0 amide bonds. The second-order valence-electron chi connectivity index (χ2n) is 4.20. The molecule has 0 bridgehead atoms. The maximum absolute atomic E-state index is 9.24. The number of nitrogens with two attached hydrogens (primary N) is 1. The summed E-state index contributed by atoms with van der Waals surface area (Å²) in [4.78, 5) is 0. The summed E-state index contributed by atoms with van der Waals surface area (Å²) in [6, 6.07) is 6.13. The number of nitrogens with one attached hydrogen (secondary N) is 1. The molecule has 3 nitrogen and oxygen atoms in total. The number of hydrogen-bond acceptors (Lipinski definition) is 3. The van der Waals surface area contributed by atoms with Gasteiger partial charge in [0.2, 0.25) is 0 Å². The molecular weight excluding hydrogens is 188 g/mol. The van der Waals surface area contributed by atoms with Crippen LogP contribution in [0.5, 0.6) is 0 Å². The zero-order chi connectivity index (χ0) is 11.4. The van der Waals surface area contributed by atoms with E-state index >= 15 is 0 Å². The lowest BCUT2D eigenvalue weighted by Gasteiger charge is -2.17. The number of anilines is 2. The second-order valence-corrected chi connectivity index (χ2v) is 4.20. The maximum atomic E-state index is 9.24. The molecule has 3 heteroatoms. The van der Waals surface area contributed by atoms with Crippen LogP contribution in [0.3, 0.4) is 0 Å². The van der Waals surface area contributed by atoms with Crippen LogP contribution >= 0.6 is 0 Å². The van der Waals surface area contributed by atoms with Gasteiger partial charge in [0.25, 0.3) is 0 Å². The number of hydrogen-bond donors (Lipinski definition) is 3. The Hall–Kier alpha value is -1.22. The van der Waals surface area contributed by atoms with Crippen molar-refractivity contribution in [3.05, 3.63) is 23.8 Å². The van der Waals surface area contributed by atoms with Gasteiger partial charge in [-0.1, -0.05) is 0 Å². The number of aliphatic hydroxyl groups is 1. The van der Waals surface area contributed by atoms with E-state index in [1.807, 2.05) is 25.1 Å². The first-order chi connectivity index (χ1) is 6.99. The summed E-state index contributed by atoms with van der Waals surface area (Å²) in [5.41, 5.74) is 8.67. The van der Waals surface area contributed by atoms with Crippen LogP contribution in [-0.2, 0) is 0 Å². The highest BCUT2D eigenvalue weighted by Crippen LogP contribution is 2.18. The average Bonchev–Trinajstić information content (AvgIpc) is 2.10. The fourth-order valence-corrected chi connectivity index (χ4v) is 1.62. The molecule has 0 spiro atoms. The molecule has 0 aliphatic rings. The van der Waals surface area contributed by atoms with Crippen LogP contribution in [0.4, 0.5) is 11.4 Å². The third-order valence-electron chi connectivity index (χ3n) is 2.38. The maximum Gasteiger partial charge on any atom is 0.0531 e. The van der Waals surface area contributed by atoms with Crippen molar-refractivity contribution in [1.29, 1.82) is 0 Å². The Morgan fingerprint density at radius 3 is 2.60 bits per heavy atom. The van der Waals surface area contributed by atoms with E-state index < -0.39 is 0 Å². The third kappa shape index (κ3) is 3.80. The molecule has 1 aromatic carbocycles. The van der Waals surface area contributed by atoms with Gasteiger partial charge >= 0.3 is 0 Å². The van der Waals surface area contributed by atoms with E-state index in [4.69, 9.17) is 5.73 Å². The van der Waals surface area contributed by atoms with Crippen molar-refractivity contribution in [3.63, 3.8) is 0 Å². The van der Waals surface area contributed by atoms with Gasteiger partial charge in [0, 0.05) is 17.4 Å². The molecular formula is C12H20N2O. The first-order valence-corrected chi connectivity index (χ1v) is 5.29. The molecule has 4 N–H and O–H groups in total. The van der Waals surface area contributed by atoms with Crippen molar-refractivity contribution in [2.45, 2.75) is 39.3 Å². The predicted molar refractivity (Wildman–Crippen MR) is 65.0 cm³/mol. The molecule has 0 saturated carbocycles. The van der Waals surface area contributed by atoms with Crippen LogP contribution in [0.15, 0.2) is 18.2 Å². The fourth-order valence-electron chi connectivity index (χ4n) is 1.62. The van der Waals surface area contributed by atoms with Gasteiger partial charge in [-0.3, -0.25) is 0 Å². The van der Waals surface area contributed by atoms with Crippen molar-refractivity contribution >= 4 is 11.4 Å². The van der Waals surface area contributed by atoms with Gasteiger partial charge in [0.1, 0.15) is 0 Å². The molecule has 2 unspecified atom stereocenters. The van der Waals surface area contributed by atoms with Crippen LogP contribution in [0.1, 0.15) is 25.8 Å². The van der Waals surface area contributed by atoms with Gasteiger partial charge in [0.15, 0.2) is 0 Å². The number of aryl methyl sites for hydroxylation is 1. The fraction of sp³-hybridized carbons (Fsp3) is 0.500. The number of nitrogen functional groups attached to an aromatic ring is 1. The monoisotopic (exact) mass is 208 g/mol. The third-order valence-corrected chi connectivity index (χ3v) is 2.38. The van der Waals surface area contributed by atoms with E-state index in [9.17, 15) is 5.11 Å². The van der Waals surface area contributed by atoms with Crippen molar-refractivity contribution in [3.8, 4) is 0 Å². The van der Waals surface area contributed by atoms with Crippen LogP contribution < -0.4 is 11.1 Å². The van der Waals surface area contributed by atoms with Gasteiger partial charge in [-0.15, -0.1) is 0 Å². The molecule has 2 atom stereocenters. The minimum Gasteiger partial charge on any atom is -0.399 e. The largest absolute Gasteiger partial charge is 0.399 e. The normalized spacial score (nSPS) is 14.7. The van der Waals surface area contributed by atoms with Crippen LogP contribution in [0.25, 0.3) is 0 Å². The Bertz CT molecular complexity index is 323. The van der Waals surface area contributed by atoms with Crippen LogP contribution in [-0.4, -0.2) is 17.3 Å². The summed E-state index contributed by atoms with van der Waals surface area (Å²) in [7, 11) is 0. The molecule has 0 aliphatic carbocycles. The number of aliphatic hydroxyl groups excluding tert-OH is 1. The molecule has 15 heavy (non-hydrogen) atoms. The quantitative estimate of drug-likeness (QED) is 0.664. The van der Waals surface area contributed by atoms with E-state index in [0.717, 1.165) is 23.4 Å². The number of rotatable bonds is 4. The average molecular weight is 208 g/mol. The Kier molecular flexibility index (Phi) is 3.97. The minimum atomic E-state index is -0.276. The van der Waals surface area contributed by atoms with Gasteiger partial charge < -0.3 is 16.2 Å². The summed E-state index contributed by atoms with van der Waals surface area (Å²) >= 11 is 0. The molecule has 0 fully saturated rings. The lowest BCUT2D eigenvalue weighted by molar-refractivity contribution is 0.179. The predicted octanol–water partition coefficient (Wildman–Crippen LogP) is 2.15. The van der Waals surface area contributed by atoms with E-state index in [-0.39, 0.29) is 12.1 Å². The standard InChI is InChI=1S/C12H20N2O/c1-8-6-11(4-5-12(8)13)14-9(2)7-10(3)15/h4-6,9-10,14-15H,7,13H2,1-3H3. The Balaban J connectivity index is 2.60. The molecule has 0 saturated heterocycles. The van der Waals surface area contributed by atoms with Crippen molar-refractivity contribution < 1.29 is 5.11 Å². The first-order valence-electron chi connectivity index (χ1n) is 5.29. The van der Waals surface area contributed by atoms with Crippen LogP contribution in [0, 0.1) is 6.92 Å². The molecule has 0 aliphatic heterocycles.